The number of pyridine rings is 2. The van der Waals surface area contributed by atoms with Gasteiger partial charge in [-0.05, 0) is 30.3 Å². The Kier molecular flexibility index (Phi) is 5.67. The van der Waals surface area contributed by atoms with E-state index in [1.54, 1.807) is 6.07 Å². The molecule has 8 heteroatoms. The number of aromatic nitrogens is 2. The molecule has 0 bridgehead atoms. The highest BCUT2D eigenvalue weighted by Crippen LogP contribution is 2.39. The fourth-order valence-electron chi connectivity index (χ4n) is 2.80. The van der Waals surface area contributed by atoms with Crippen molar-refractivity contribution in [3.8, 4) is 23.4 Å². The third kappa shape index (κ3) is 3.63. The van der Waals surface area contributed by atoms with Crippen LogP contribution >= 0.6 is 15.9 Å². The SMILES string of the molecule is COc1cc(C(O)c2cc3cc(Br)ccc3nc2OC)c(OC)nc1OC. The van der Waals surface area contributed by atoms with Gasteiger partial charge in [-0.2, -0.15) is 4.98 Å². The molecule has 0 aliphatic heterocycles. The number of halogens is 1. The van der Waals surface area contributed by atoms with Crippen LogP contribution in [0.3, 0.4) is 0 Å². The number of nitrogens with zero attached hydrogens (tertiary/aromatic N) is 2. The average molecular weight is 435 g/mol. The number of rotatable bonds is 6. The molecule has 3 rings (SSSR count). The quantitative estimate of drug-likeness (QED) is 0.635. The molecule has 0 radical (unpaired) electrons. The summed E-state index contributed by atoms with van der Waals surface area (Å²) < 4.78 is 22.1. The zero-order chi connectivity index (χ0) is 19.6. The van der Waals surface area contributed by atoms with Crippen molar-refractivity contribution in [1.82, 2.24) is 9.97 Å². The van der Waals surface area contributed by atoms with Gasteiger partial charge in [0.15, 0.2) is 5.75 Å². The molecule has 2 aromatic heterocycles. The van der Waals surface area contributed by atoms with Gasteiger partial charge in [0.1, 0.15) is 6.10 Å². The van der Waals surface area contributed by atoms with E-state index in [0.717, 1.165) is 15.4 Å². The lowest BCUT2D eigenvalue weighted by atomic mass is 10.0. The van der Waals surface area contributed by atoms with Gasteiger partial charge in [-0.15, -0.1) is 0 Å². The van der Waals surface area contributed by atoms with Gasteiger partial charge >= 0.3 is 0 Å². The minimum Gasteiger partial charge on any atom is -0.491 e. The zero-order valence-electron chi connectivity index (χ0n) is 15.3. The van der Waals surface area contributed by atoms with Gasteiger partial charge in [-0.25, -0.2) is 4.98 Å². The van der Waals surface area contributed by atoms with Gasteiger partial charge in [-0.3, -0.25) is 0 Å². The second kappa shape index (κ2) is 7.98. The molecule has 0 saturated heterocycles. The molecule has 0 saturated carbocycles. The summed E-state index contributed by atoms with van der Waals surface area (Å²) in [5, 5.41) is 11.9. The molecule has 1 atom stereocenters. The van der Waals surface area contributed by atoms with Crippen LogP contribution < -0.4 is 18.9 Å². The highest BCUT2D eigenvalue weighted by Gasteiger charge is 2.25. The first kappa shape index (κ1) is 19.2. The summed E-state index contributed by atoms with van der Waals surface area (Å²) in [4.78, 5) is 8.75. The molecule has 1 N–H and O–H groups in total. The highest BCUT2D eigenvalue weighted by atomic mass is 79.9. The smallest absolute Gasteiger partial charge is 0.260 e. The van der Waals surface area contributed by atoms with E-state index in [0.29, 0.717) is 22.8 Å². The first-order chi connectivity index (χ1) is 13.0. The maximum atomic E-state index is 11.1. The van der Waals surface area contributed by atoms with E-state index in [1.165, 1.54) is 28.4 Å². The van der Waals surface area contributed by atoms with Crippen molar-refractivity contribution in [2.24, 2.45) is 0 Å². The minimum absolute atomic E-state index is 0.219. The fourth-order valence-corrected chi connectivity index (χ4v) is 3.18. The van der Waals surface area contributed by atoms with Crippen LogP contribution in [0.15, 0.2) is 34.8 Å². The van der Waals surface area contributed by atoms with Crippen molar-refractivity contribution >= 4 is 26.8 Å². The number of aliphatic hydroxyl groups excluding tert-OH is 1. The summed E-state index contributed by atoms with van der Waals surface area (Å²) in [5.41, 5.74) is 1.64. The Bertz CT molecular complexity index is 980. The molecule has 1 aromatic carbocycles. The molecule has 0 aliphatic carbocycles. The summed E-state index contributed by atoms with van der Waals surface area (Å²) in [6.45, 7) is 0. The predicted molar refractivity (Wildman–Crippen MR) is 104 cm³/mol. The van der Waals surface area contributed by atoms with Gasteiger partial charge in [0.25, 0.3) is 5.88 Å². The topological polar surface area (TPSA) is 82.9 Å². The lowest BCUT2D eigenvalue weighted by Crippen LogP contribution is -2.08. The third-order valence-corrected chi connectivity index (χ3v) is 4.60. The van der Waals surface area contributed by atoms with E-state index in [1.807, 2.05) is 24.3 Å². The van der Waals surface area contributed by atoms with Gasteiger partial charge < -0.3 is 24.1 Å². The molecule has 0 aliphatic rings. The van der Waals surface area contributed by atoms with Gasteiger partial charge in [0.05, 0.1) is 39.5 Å². The Morgan fingerprint density at radius 1 is 0.815 bits per heavy atom. The Hall–Kier alpha value is -2.58. The number of methoxy groups -OCH3 is 4. The number of hydrogen-bond acceptors (Lipinski definition) is 7. The molecule has 2 heterocycles. The summed E-state index contributed by atoms with van der Waals surface area (Å²) >= 11 is 3.45. The Morgan fingerprint density at radius 2 is 1.44 bits per heavy atom. The van der Waals surface area contributed by atoms with Crippen LogP contribution in [0, 0.1) is 0 Å². The zero-order valence-corrected chi connectivity index (χ0v) is 16.9. The van der Waals surface area contributed by atoms with Crippen molar-refractivity contribution in [1.29, 1.82) is 0 Å². The first-order valence-corrected chi connectivity index (χ1v) is 8.80. The fraction of sp³-hybridized carbons (Fsp3) is 0.263. The van der Waals surface area contributed by atoms with Crippen molar-refractivity contribution < 1.29 is 24.1 Å². The molecule has 0 spiro atoms. The number of aliphatic hydroxyl groups is 1. The largest absolute Gasteiger partial charge is 0.491 e. The third-order valence-electron chi connectivity index (χ3n) is 4.11. The number of ether oxygens (including phenoxy) is 4. The molecule has 27 heavy (non-hydrogen) atoms. The molecule has 0 fully saturated rings. The maximum Gasteiger partial charge on any atom is 0.260 e. The number of hydrogen-bond donors (Lipinski definition) is 1. The van der Waals surface area contributed by atoms with Gasteiger partial charge in [-0.1, -0.05) is 15.9 Å². The summed E-state index contributed by atoms with van der Waals surface area (Å²) in [7, 11) is 5.96. The summed E-state index contributed by atoms with van der Waals surface area (Å²) in [5.74, 6) is 1.17. The van der Waals surface area contributed by atoms with E-state index >= 15 is 0 Å². The van der Waals surface area contributed by atoms with Crippen LogP contribution in [-0.2, 0) is 0 Å². The second-order valence-electron chi connectivity index (χ2n) is 5.62. The summed E-state index contributed by atoms with van der Waals surface area (Å²) in [6.07, 6.45) is -1.10. The lowest BCUT2D eigenvalue weighted by molar-refractivity contribution is 0.205. The van der Waals surface area contributed by atoms with Crippen LogP contribution in [0.1, 0.15) is 17.2 Å². The molecule has 7 nitrogen and oxygen atoms in total. The first-order valence-electron chi connectivity index (χ1n) is 8.01. The van der Waals surface area contributed by atoms with Crippen LogP contribution in [-0.4, -0.2) is 43.5 Å². The molecule has 3 aromatic rings. The maximum absolute atomic E-state index is 11.1. The average Bonchev–Trinajstić information content (AvgIpc) is 2.70. The van der Waals surface area contributed by atoms with Crippen molar-refractivity contribution in [3.63, 3.8) is 0 Å². The van der Waals surface area contributed by atoms with Crippen molar-refractivity contribution in [2.45, 2.75) is 6.10 Å². The number of fused-ring (bicyclic) bond motifs is 1. The van der Waals surface area contributed by atoms with E-state index in [4.69, 9.17) is 18.9 Å². The van der Waals surface area contributed by atoms with Crippen LogP contribution in [0.4, 0.5) is 0 Å². The van der Waals surface area contributed by atoms with Crippen molar-refractivity contribution in [2.75, 3.05) is 28.4 Å². The molecular formula is C19H19BrN2O5. The lowest BCUT2D eigenvalue weighted by Gasteiger charge is -2.19. The van der Waals surface area contributed by atoms with Gasteiger partial charge in [0, 0.05) is 15.4 Å². The van der Waals surface area contributed by atoms with E-state index in [9.17, 15) is 5.11 Å². The van der Waals surface area contributed by atoms with E-state index < -0.39 is 6.10 Å². The van der Waals surface area contributed by atoms with Crippen molar-refractivity contribution in [3.05, 3.63) is 45.9 Å². The second-order valence-corrected chi connectivity index (χ2v) is 6.54. The van der Waals surface area contributed by atoms with Crippen LogP contribution in [0.2, 0.25) is 0 Å². The molecule has 0 amide bonds. The summed E-state index contributed by atoms with van der Waals surface area (Å²) in [6, 6.07) is 9.14. The Balaban J connectivity index is 2.18. The van der Waals surface area contributed by atoms with Gasteiger partial charge in [0.2, 0.25) is 11.8 Å². The monoisotopic (exact) mass is 434 g/mol. The predicted octanol–water partition coefficient (Wildman–Crippen LogP) is 3.51. The van der Waals surface area contributed by atoms with Crippen LogP contribution in [0.25, 0.3) is 10.9 Å². The standard InChI is InChI=1S/C19H19BrN2O5/c1-24-15-9-13(18(26-3)22-19(15)27-4)16(23)12-8-10-7-11(20)5-6-14(10)21-17(12)25-2/h5-9,16,23H,1-4H3. The highest BCUT2D eigenvalue weighted by molar-refractivity contribution is 9.10. The Morgan fingerprint density at radius 3 is 2.07 bits per heavy atom. The normalized spacial score (nSPS) is 11.9. The molecule has 142 valence electrons. The van der Waals surface area contributed by atoms with E-state index in [2.05, 4.69) is 25.9 Å². The minimum atomic E-state index is -1.10. The van der Waals surface area contributed by atoms with Crippen LogP contribution in [0.5, 0.6) is 23.4 Å². The number of benzene rings is 1. The van der Waals surface area contributed by atoms with E-state index in [-0.39, 0.29) is 11.8 Å². The molecule has 1 unspecified atom stereocenters. The Labute approximate surface area is 165 Å². The molecular weight excluding hydrogens is 416 g/mol.